The molecule has 3 heterocycles. The van der Waals surface area contributed by atoms with Crippen LogP contribution in [0.4, 0.5) is 11.5 Å². The molecule has 186 valence electrons. The smallest absolute Gasteiger partial charge is 0.344 e. The summed E-state index contributed by atoms with van der Waals surface area (Å²) >= 11 is 0. The second-order valence-electron chi connectivity index (χ2n) is 8.88. The molecule has 0 saturated carbocycles. The van der Waals surface area contributed by atoms with Crippen molar-refractivity contribution in [3.63, 3.8) is 0 Å². The summed E-state index contributed by atoms with van der Waals surface area (Å²) in [6, 6.07) is 8.19. The van der Waals surface area contributed by atoms with Crippen LogP contribution in [0.3, 0.4) is 0 Å². The van der Waals surface area contributed by atoms with Gasteiger partial charge in [0.15, 0.2) is 5.84 Å². The molecule has 0 aliphatic carbocycles. The molecule has 2 aliphatic rings. The Morgan fingerprint density at radius 3 is 2.89 bits per heavy atom. The van der Waals surface area contributed by atoms with E-state index in [1.165, 1.54) is 6.20 Å². The average Bonchev–Trinajstić information content (AvgIpc) is 2.81. The molecule has 1 atom stereocenters. The van der Waals surface area contributed by atoms with E-state index < -0.39 is 10.2 Å². The predicted molar refractivity (Wildman–Crippen MR) is 132 cm³/mol. The molecule has 2 aliphatic heterocycles. The first-order valence-electron chi connectivity index (χ1n) is 11.3. The summed E-state index contributed by atoms with van der Waals surface area (Å²) in [6.45, 7) is 5.01. The Hall–Kier alpha value is -3.67. The third-order valence-electron chi connectivity index (χ3n) is 5.80. The molecule has 2 amide bonds. The summed E-state index contributed by atoms with van der Waals surface area (Å²) in [5.41, 5.74) is 7.05. The van der Waals surface area contributed by atoms with Crippen molar-refractivity contribution in [2.45, 2.75) is 26.7 Å². The summed E-state index contributed by atoms with van der Waals surface area (Å²) in [6.07, 6.45) is 3.20. The Morgan fingerprint density at radius 2 is 2.11 bits per heavy atom. The van der Waals surface area contributed by atoms with Gasteiger partial charge in [-0.2, -0.15) is 8.42 Å². The number of likely N-dealkylation sites (tertiary alicyclic amines) is 1. The van der Waals surface area contributed by atoms with Gasteiger partial charge in [-0.05, 0) is 37.1 Å². The number of benzene rings is 1. The van der Waals surface area contributed by atoms with E-state index in [4.69, 9.17) is 10.5 Å². The fraction of sp³-hybridized carbons (Fsp3) is 0.391. The van der Waals surface area contributed by atoms with Crippen LogP contribution in [0.25, 0.3) is 0 Å². The van der Waals surface area contributed by atoms with Crippen LogP contribution < -0.4 is 20.5 Å². The minimum Gasteiger partial charge on any atom is -0.492 e. The molecule has 11 nitrogen and oxygen atoms in total. The third-order valence-corrected chi connectivity index (χ3v) is 6.72. The van der Waals surface area contributed by atoms with Gasteiger partial charge in [0.1, 0.15) is 11.6 Å². The molecular weight excluding hydrogens is 472 g/mol. The molecule has 4 rings (SSSR count). The van der Waals surface area contributed by atoms with Crippen LogP contribution >= 0.6 is 0 Å². The lowest BCUT2D eigenvalue weighted by molar-refractivity contribution is -0.118. The maximum Gasteiger partial charge on any atom is 0.344 e. The van der Waals surface area contributed by atoms with Crippen molar-refractivity contribution in [3.05, 3.63) is 47.7 Å². The zero-order valence-electron chi connectivity index (χ0n) is 19.5. The molecule has 12 heteroatoms. The van der Waals surface area contributed by atoms with Crippen molar-refractivity contribution in [2.24, 2.45) is 22.0 Å². The number of pyridine rings is 1. The molecule has 1 aromatic heterocycles. The zero-order chi connectivity index (χ0) is 25.2. The summed E-state index contributed by atoms with van der Waals surface area (Å²) in [5, 5.41) is 2.72. The first-order valence-corrected chi connectivity index (χ1v) is 12.8. The number of carbonyl (C=O) groups is 2. The van der Waals surface area contributed by atoms with E-state index in [9.17, 15) is 18.0 Å². The van der Waals surface area contributed by atoms with Crippen molar-refractivity contribution < 1.29 is 22.7 Å². The van der Waals surface area contributed by atoms with Crippen LogP contribution in [-0.4, -0.2) is 55.6 Å². The van der Waals surface area contributed by atoms with Crippen molar-refractivity contribution in [3.8, 4) is 5.75 Å². The van der Waals surface area contributed by atoms with E-state index in [0.717, 1.165) is 12.8 Å². The number of ether oxygens (including phenoxy) is 1. The van der Waals surface area contributed by atoms with Crippen molar-refractivity contribution in [2.75, 3.05) is 29.7 Å². The van der Waals surface area contributed by atoms with E-state index in [1.54, 1.807) is 49.1 Å². The number of rotatable bonds is 6. The van der Waals surface area contributed by atoms with E-state index in [1.807, 2.05) is 0 Å². The SMILES string of the molecule is CC(C)C(=O)Nc1cc(C(=O)N2CCCC(COc3cccc4c3C(N)=NS(=O)(=O)N4)C2)ccn1. The standard InChI is InChI=1S/C23H28N6O5S/c1-14(2)22(30)26-19-11-16(8-9-25-19)23(31)29-10-4-5-15(12-29)13-34-18-7-3-6-17-20(18)21(24)28-35(32,33)27-17/h3,6-9,11,14-15,27H,4-5,10,12-13H2,1-2H3,(H2,24,28)(H,25,26,30). The number of anilines is 2. The second kappa shape index (κ2) is 9.90. The van der Waals surface area contributed by atoms with Crippen LogP contribution in [0.2, 0.25) is 0 Å². The highest BCUT2D eigenvalue weighted by atomic mass is 32.2. The summed E-state index contributed by atoms with van der Waals surface area (Å²) in [7, 11) is -3.87. The second-order valence-corrected chi connectivity index (χ2v) is 10.2. The number of piperidine rings is 1. The van der Waals surface area contributed by atoms with E-state index in [-0.39, 0.29) is 29.5 Å². The zero-order valence-corrected chi connectivity index (χ0v) is 20.3. The number of nitrogens with one attached hydrogen (secondary N) is 2. The van der Waals surface area contributed by atoms with Crippen molar-refractivity contribution in [1.29, 1.82) is 0 Å². The summed E-state index contributed by atoms with van der Waals surface area (Å²) in [4.78, 5) is 31.0. The maximum absolute atomic E-state index is 13.1. The van der Waals surface area contributed by atoms with E-state index in [2.05, 4.69) is 19.4 Å². The number of hydrogen-bond acceptors (Lipinski definition) is 7. The number of fused-ring (bicyclic) bond motifs is 1. The third kappa shape index (κ3) is 5.70. The molecule has 0 spiro atoms. The van der Waals surface area contributed by atoms with Gasteiger partial charge in [0.25, 0.3) is 5.91 Å². The lowest BCUT2D eigenvalue weighted by atomic mass is 9.98. The molecule has 1 unspecified atom stereocenters. The lowest BCUT2D eigenvalue weighted by Gasteiger charge is -2.33. The maximum atomic E-state index is 13.1. The number of hydrogen-bond donors (Lipinski definition) is 3. The first-order chi connectivity index (χ1) is 16.6. The van der Waals surface area contributed by atoms with Crippen LogP contribution in [-0.2, 0) is 15.0 Å². The predicted octanol–water partition coefficient (Wildman–Crippen LogP) is 1.98. The van der Waals surface area contributed by atoms with Gasteiger partial charge in [-0.1, -0.05) is 19.9 Å². The Labute approximate surface area is 204 Å². The van der Waals surface area contributed by atoms with Crippen LogP contribution in [0.5, 0.6) is 5.75 Å². The fourth-order valence-corrected chi connectivity index (χ4v) is 4.86. The van der Waals surface area contributed by atoms with Gasteiger partial charge < -0.3 is 20.7 Å². The van der Waals surface area contributed by atoms with Crippen LogP contribution in [0.1, 0.15) is 42.6 Å². The molecule has 2 aromatic rings. The van der Waals surface area contributed by atoms with Gasteiger partial charge in [0, 0.05) is 36.7 Å². The quantitative estimate of drug-likeness (QED) is 0.547. The minimum atomic E-state index is -3.87. The van der Waals surface area contributed by atoms with Gasteiger partial charge in [0.2, 0.25) is 5.91 Å². The van der Waals surface area contributed by atoms with Crippen molar-refractivity contribution in [1.82, 2.24) is 9.88 Å². The van der Waals surface area contributed by atoms with Gasteiger partial charge in [-0.15, -0.1) is 4.40 Å². The first kappa shape index (κ1) is 24.5. The molecular formula is C23H28N6O5S. The van der Waals surface area contributed by atoms with Gasteiger partial charge in [-0.25, -0.2) is 4.98 Å². The van der Waals surface area contributed by atoms with Crippen LogP contribution in [0, 0.1) is 11.8 Å². The number of amides is 2. The molecule has 35 heavy (non-hydrogen) atoms. The highest BCUT2D eigenvalue weighted by molar-refractivity contribution is 7.91. The Bertz CT molecular complexity index is 1280. The number of carbonyl (C=O) groups excluding carboxylic acids is 2. The largest absolute Gasteiger partial charge is 0.492 e. The molecule has 0 bridgehead atoms. The number of aromatic nitrogens is 1. The van der Waals surface area contributed by atoms with Crippen LogP contribution in [0.15, 0.2) is 40.9 Å². The lowest BCUT2D eigenvalue weighted by Crippen LogP contribution is -2.41. The topological polar surface area (TPSA) is 156 Å². The molecule has 0 radical (unpaired) electrons. The van der Waals surface area contributed by atoms with Gasteiger partial charge in [0.05, 0.1) is 17.9 Å². The Kier molecular flexibility index (Phi) is 6.92. The fourth-order valence-electron chi connectivity index (χ4n) is 4.02. The molecule has 1 fully saturated rings. The van der Waals surface area contributed by atoms with E-state index >= 15 is 0 Å². The number of nitrogens with two attached hydrogens (primary N) is 1. The number of amidine groups is 1. The van der Waals surface area contributed by atoms with E-state index in [0.29, 0.717) is 48.1 Å². The molecule has 1 saturated heterocycles. The Morgan fingerprint density at radius 1 is 1.31 bits per heavy atom. The van der Waals surface area contributed by atoms with Gasteiger partial charge in [-0.3, -0.25) is 14.3 Å². The van der Waals surface area contributed by atoms with Gasteiger partial charge >= 0.3 is 10.2 Å². The minimum absolute atomic E-state index is 0.0731. The highest BCUT2D eigenvalue weighted by Gasteiger charge is 2.28. The highest BCUT2D eigenvalue weighted by Crippen LogP contribution is 2.31. The molecule has 1 aromatic carbocycles. The normalized spacial score (nSPS) is 18.8. The number of nitrogens with zero attached hydrogens (tertiary/aromatic N) is 3. The summed E-state index contributed by atoms with van der Waals surface area (Å²) < 4.78 is 35.4. The average molecular weight is 501 g/mol. The monoisotopic (exact) mass is 500 g/mol. The molecule has 4 N–H and O–H groups in total. The summed E-state index contributed by atoms with van der Waals surface area (Å²) in [5.74, 6) is 0.205. The van der Waals surface area contributed by atoms with Crippen molar-refractivity contribution >= 4 is 39.4 Å². The Balaban J connectivity index is 1.41.